The lowest BCUT2D eigenvalue weighted by molar-refractivity contribution is -0.123. The molecule has 0 saturated carbocycles. The summed E-state index contributed by atoms with van der Waals surface area (Å²) in [5.41, 5.74) is 8.25. The number of hydrazine groups is 1. The monoisotopic (exact) mass is 488 g/mol. The molecule has 0 radical (unpaired) electrons. The molecule has 3 rings (SSSR count). The maximum absolute atomic E-state index is 12.7. The van der Waals surface area contributed by atoms with Gasteiger partial charge in [0.2, 0.25) is 0 Å². The van der Waals surface area contributed by atoms with E-state index < -0.39 is 11.8 Å². The van der Waals surface area contributed by atoms with Crippen LogP contribution in [0.15, 0.2) is 72.8 Å². The summed E-state index contributed by atoms with van der Waals surface area (Å²) < 4.78 is 11.7. The van der Waals surface area contributed by atoms with Crippen LogP contribution in [-0.4, -0.2) is 18.4 Å². The van der Waals surface area contributed by atoms with E-state index in [1.165, 1.54) is 5.56 Å². The highest BCUT2D eigenvalue weighted by molar-refractivity contribution is 5.97. The number of hydrogen-bond donors (Lipinski definition) is 2. The number of benzene rings is 3. The van der Waals surface area contributed by atoms with Crippen molar-refractivity contribution in [3.63, 3.8) is 0 Å². The van der Waals surface area contributed by atoms with Crippen molar-refractivity contribution in [3.8, 4) is 11.5 Å². The third-order valence-corrected chi connectivity index (χ3v) is 5.70. The Hall–Kier alpha value is -3.80. The van der Waals surface area contributed by atoms with E-state index in [1.807, 2.05) is 42.5 Å². The molecule has 0 heterocycles. The van der Waals surface area contributed by atoms with Gasteiger partial charge in [-0.25, -0.2) is 0 Å². The molecule has 0 fully saturated rings. The fourth-order valence-corrected chi connectivity index (χ4v) is 3.60. The molecule has 0 spiro atoms. The van der Waals surface area contributed by atoms with Crippen LogP contribution in [0.2, 0.25) is 0 Å². The van der Waals surface area contributed by atoms with E-state index in [2.05, 4.69) is 58.5 Å². The third-order valence-electron chi connectivity index (χ3n) is 5.70. The number of ether oxygens (including phenoxy) is 2. The predicted octanol–water partition coefficient (Wildman–Crippen LogP) is 5.70. The molecule has 0 saturated heterocycles. The van der Waals surface area contributed by atoms with Crippen LogP contribution in [0.4, 0.5) is 0 Å². The van der Waals surface area contributed by atoms with Gasteiger partial charge in [0, 0.05) is 0 Å². The van der Waals surface area contributed by atoms with E-state index in [4.69, 9.17) is 9.47 Å². The van der Waals surface area contributed by atoms with Crippen LogP contribution < -0.4 is 20.3 Å². The lowest BCUT2D eigenvalue weighted by Gasteiger charge is -2.27. The number of nitrogens with one attached hydrogen (secondary N) is 2. The van der Waals surface area contributed by atoms with E-state index in [0.29, 0.717) is 23.7 Å². The summed E-state index contributed by atoms with van der Waals surface area (Å²) in [4.78, 5) is 25.2. The first kappa shape index (κ1) is 26.8. The Morgan fingerprint density at radius 2 is 1.39 bits per heavy atom. The molecule has 0 unspecified atom stereocenters. The van der Waals surface area contributed by atoms with Crippen LogP contribution >= 0.6 is 0 Å². The molecule has 0 aromatic heterocycles. The van der Waals surface area contributed by atoms with Crippen molar-refractivity contribution in [2.75, 3.05) is 6.61 Å². The van der Waals surface area contributed by atoms with E-state index in [1.54, 1.807) is 24.3 Å². The summed E-state index contributed by atoms with van der Waals surface area (Å²) in [5.74, 6) is 0.137. The van der Waals surface area contributed by atoms with Crippen LogP contribution in [0, 0.1) is 0 Å². The van der Waals surface area contributed by atoms with Crippen molar-refractivity contribution in [2.45, 2.75) is 59.0 Å². The fourth-order valence-electron chi connectivity index (χ4n) is 3.60. The molecule has 2 amide bonds. The molecule has 0 atom stereocenters. The quantitative estimate of drug-likeness (QED) is 0.418. The second-order valence-corrected chi connectivity index (χ2v) is 10.8. The van der Waals surface area contributed by atoms with Gasteiger partial charge >= 0.3 is 0 Å². The lowest BCUT2D eigenvalue weighted by Crippen LogP contribution is -2.44. The molecule has 0 aliphatic heterocycles. The molecule has 3 aromatic carbocycles. The first-order valence-corrected chi connectivity index (χ1v) is 12.1. The van der Waals surface area contributed by atoms with Crippen LogP contribution in [0.5, 0.6) is 11.5 Å². The molecular weight excluding hydrogens is 452 g/mol. The van der Waals surface area contributed by atoms with E-state index >= 15 is 0 Å². The molecule has 0 aliphatic carbocycles. The van der Waals surface area contributed by atoms with Crippen molar-refractivity contribution >= 4 is 11.8 Å². The second-order valence-electron chi connectivity index (χ2n) is 10.8. The number of para-hydroxylation sites is 1. The first-order valence-electron chi connectivity index (χ1n) is 12.1. The van der Waals surface area contributed by atoms with Crippen molar-refractivity contribution < 1.29 is 19.1 Å². The summed E-state index contributed by atoms with van der Waals surface area (Å²) in [6.07, 6.45) is 0. The Labute approximate surface area is 214 Å². The standard InChI is InChI=1S/C30H36N2O4/c1-29(2,3)22-16-17-26(24(18-22)30(4,5)6)36-20-27(33)31-32-28(34)23-14-10-11-15-25(23)35-19-21-12-8-7-9-13-21/h7-18H,19-20H2,1-6H3,(H,31,33)(H,32,34). The molecule has 3 aromatic rings. The van der Waals surface area contributed by atoms with Gasteiger partial charge in [-0.05, 0) is 45.7 Å². The molecule has 190 valence electrons. The summed E-state index contributed by atoms with van der Waals surface area (Å²) in [6, 6.07) is 22.7. The fraction of sp³-hybridized carbons (Fsp3) is 0.333. The molecule has 36 heavy (non-hydrogen) atoms. The van der Waals surface area contributed by atoms with Crippen molar-refractivity contribution in [3.05, 3.63) is 95.1 Å². The van der Waals surface area contributed by atoms with Gasteiger partial charge in [0.15, 0.2) is 6.61 Å². The zero-order valence-corrected chi connectivity index (χ0v) is 22.0. The van der Waals surface area contributed by atoms with E-state index in [0.717, 1.165) is 11.1 Å². The molecule has 0 bridgehead atoms. The van der Waals surface area contributed by atoms with Gasteiger partial charge in [-0.3, -0.25) is 20.4 Å². The molecule has 6 heteroatoms. The number of amides is 2. The van der Waals surface area contributed by atoms with Crippen LogP contribution in [-0.2, 0) is 22.2 Å². The van der Waals surface area contributed by atoms with Crippen molar-refractivity contribution in [2.24, 2.45) is 0 Å². The average molecular weight is 489 g/mol. The Morgan fingerprint density at radius 3 is 2.06 bits per heavy atom. The SMILES string of the molecule is CC(C)(C)c1ccc(OCC(=O)NNC(=O)c2ccccc2OCc2ccccc2)c(C(C)(C)C)c1. The Kier molecular flexibility index (Phi) is 8.41. The molecular formula is C30H36N2O4. The maximum atomic E-state index is 12.7. The number of carbonyl (C=O) groups is 2. The zero-order valence-electron chi connectivity index (χ0n) is 22.0. The van der Waals surface area contributed by atoms with Gasteiger partial charge in [-0.1, -0.05) is 96.1 Å². The zero-order chi connectivity index (χ0) is 26.3. The van der Waals surface area contributed by atoms with Crippen molar-refractivity contribution in [1.82, 2.24) is 10.9 Å². The van der Waals surface area contributed by atoms with Gasteiger partial charge < -0.3 is 9.47 Å². The Morgan fingerprint density at radius 1 is 0.722 bits per heavy atom. The highest BCUT2D eigenvalue weighted by Crippen LogP contribution is 2.35. The first-order chi connectivity index (χ1) is 16.9. The summed E-state index contributed by atoms with van der Waals surface area (Å²) in [5, 5.41) is 0. The van der Waals surface area contributed by atoms with Crippen LogP contribution in [0.3, 0.4) is 0 Å². The molecule has 0 aliphatic rings. The Balaban J connectivity index is 1.59. The lowest BCUT2D eigenvalue weighted by atomic mass is 9.80. The largest absolute Gasteiger partial charge is 0.488 e. The highest BCUT2D eigenvalue weighted by atomic mass is 16.5. The predicted molar refractivity (Wildman–Crippen MR) is 142 cm³/mol. The minimum atomic E-state index is -0.475. The van der Waals surface area contributed by atoms with Gasteiger partial charge in [0.05, 0.1) is 5.56 Å². The van der Waals surface area contributed by atoms with Gasteiger partial charge in [-0.15, -0.1) is 0 Å². The highest BCUT2D eigenvalue weighted by Gasteiger charge is 2.23. The van der Waals surface area contributed by atoms with Crippen LogP contribution in [0.25, 0.3) is 0 Å². The van der Waals surface area contributed by atoms with Crippen molar-refractivity contribution in [1.29, 1.82) is 0 Å². The third kappa shape index (κ3) is 7.35. The molecule has 2 N–H and O–H groups in total. The smallest absolute Gasteiger partial charge is 0.276 e. The van der Waals surface area contributed by atoms with Crippen LogP contribution in [0.1, 0.15) is 68.6 Å². The number of rotatable bonds is 7. The minimum Gasteiger partial charge on any atom is -0.488 e. The summed E-state index contributed by atoms with van der Waals surface area (Å²) >= 11 is 0. The normalized spacial score (nSPS) is 11.5. The summed E-state index contributed by atoms with van der Waals surface area (Å²) in [7, 11) is 0. The number of hydrogen-bond acceptors (Lipinski definition) is 4. The second kappa shape index (κ2) is 11.3. The Bertz CT molecular complexity index is 1190. The minimum absolute atomic E-state index is 0.00128. The van der Waals surface area contributed by atoms with E-state index in [-0.39, 0.29) is 17.4 Å². The van der Waals surface area contributed by atoms with Gasteiger partial charge in [-0.2, -0.15) is 0 Å². The average Bonchev–Trinajstić information content (AvgIpc) is 2.84. The number of carbonyl (C=O) groups excluding carboxylic acids is 2. The maximum Gasteiger partial charge on any atom is 0.276 e. The molecule has 6 nitrogen and oxygen atoms in total. The summed E-state index contributed by atoms with van der Waals surface area (Å²) in [6.45, 7) is 12.9. The van der Waals surface area contributed by atoms with Gasteiger partial charge in [0.1, 0.15) is 18.1 Å². The van der Waals surface area contributed by atoms with E-state index in [9.17, 15) is 9.59 Å². The topological polar surface area (TPSA) is 76.7 Å². The van der Waals surface area contributed by atoms with Gasteiger partial charge in [0.25, 0.3) is 11.8 Å².